The molecule has 8 heteroatoms. The molecule has 1 fully saturated rings. The summed E-state index contributed by atoms with van der Waals surface area (Å²) in [6.07, 6.45) is -3.66. The number of para-hydroxylation sites is 1. The lowest BCUT2D eigenvalue weighted by molar-refractivity contribution is -0.188. The van der Waals surface area contributed by atoms with Crippen LogP contribution in [0.4, 0.5) is 13.2 Å². The van der Waals surface area contributed by atoms with Gasteiger partial charge in [-0.15, -0.1) is 0 Å². The second kappa shape index (κ2) is 6.85. The highest BCUT2D eigenvalue weighted by molar-refractivity contribution is 5.78. The number of carbonyl (C=O) groups is 1. The highest BCUT2D eigenvalue weighted by Gasteiger charge is 2.42. The molecule has 0 bridgehead atoms. The van der Waals surface area contributed by atoms with E-state index in [9.17, 15) is 22.8 Å². The van der Waals surface area contributed by atoms with Crippen LogP contribution in [-0.2, 0) is 11.2 Å². The van der Waals surface area contributed by atoms with Gasteiger partial charge in [0.15, 0.2) is 0 Å². The number of fused-ring (bicyclic) bond motifs is 1. The fourth-order valence-electron chi connectivity index (χ4n) is 3.11. The zero-order valence-electron chi connectivity index (χ0n) is 13.5. The molecule has 1 N–H and O–H groups in total. The van der Waals surface area contributed by atoms with Crippen LogP contribution in [0.25, 0.3) is 10.9 Å². The van der Waals surface area contributed by atoms with Crippen LogP contribution in [0, 0.1) is 5.92 Å². The van der Waals surface area contributed by atoms with Crippen molar-refractivity contribution in [2.45, 2.75) is 31.9 Å². The smallest absolute Gasteiger partial charge is 0.342 e. The van der Waals surface area contributed by atoms with Crippen LogP contribution < -0.4 is 5.56 Å². The third-order valence-electron chi connectivity index (χ3n) is 4.47. The summed E-state index contributed by atoms with van der Waals surface area (Å²) in [6.45, 7) is 0.0527. The number of amides is 1. The number of hydrogen-bond donors (Lipinski definition) is 1. The Balaban J connectivity index is 1.65. The Morgan fingerprint density at radius 2 is 2.08 bits per heavy atom. The molecular weight excluding hydrogens is 335 g/mol. The number of aromatic amines is 1. The fourth-order valence-corrected chi connectivity index (χ4v) is 3.11. The fraction of sp³-hybridized carbons (Fsp3) is 0.471. The zero-order valence-corrected chi connectivity index (χ0v) is 13.5. The van der Waals surface area contributed by atoms with Gasteiger partial charge in [0.25, 0.3) is 5.56 Å². The predicted molar refractivity (Wildman–Crippen MR) is 86.0 cm³/mol. The van der Waals surface area contributed by atoms with E-state index >= 15 is 0 Å². The average molecular weight is 353 g/mol. The van der Waals surface area contributed by atoms with E-state index in [1.165, 1.54) is 4.90 Å². The Labute approximate surface area is 141 Å². The number of aromatic nitrogens is 2. The largest absolute Gasteiger partial charge is 0.393 e. The second-order valence-corrected chi connectivity index (χ2v) is 6.25. The van der Waals surface area contributed by atoms with Crippen molar-refractivity contribution in [2.75, 3.05) is 13.1 Å². The average Bonchev–Trinajstić information content (AvgIpc) is 2.59. The number of carbonyl (C=O) groups excluding carboxylic acids is 1. The molecule has 1 amide bonds. The standard InChI is InChI=1S/C17H18F3N3O2/c18-17(19,20)11-4-3-9-23(10-11)15(24)8-7-14-21-13-6-2-1-5-12(13)16(25)22-14/h1-2,5-6,11H,3-4,7-10H2,(H,21,22,25)/t11-/m0/s1. The van der Waals surface area contributed by atoms with E-state index in [0.29, 0.717) is 29.7 Å². The molecule has 1 saturated heterocycles. The van der Waals surface area contributed by atoms with Crippen molar-refractivity contribution in [3.05, 3.63) is 40.4 Å². The Hall–Kier alpha value is -2.38. The number of nitrogens with zero attached hydrogens (tertiary/aromatic N) is 2. The van der Waals surface area contributed by atoms with Gasteiger partial charge in [0.2, 0.25) is 5.91 Å². The molecule has 0 radical (unpaired) electrons. The van der Waals surface area contributed by atoms with Crippen molar-refractivity contribution in [1.29, 1.82) is 0 Å². The van der Waals surface area contributed by atoms with Gasteiger partial charge in [-0.3, -0.25) is 9.59 Å². The monoisotopic (exact) mass is 353 g/mol. The lowest BCUT2D eigenvalue weighted by Crippen LogP contribution is -2.44. The number of hydrogen-bond acceptors (Lipinski definition) is 3. The van der Waals surface area contributed by atoms with E-state index in [2.05, 4.69) is 9.97 Å². The van der Waals surface area contributed by atoms with Gasteiger partial charge < -0.3 is 9.88 Å². The van der Waals surface area contributed by atoms with Crippen molar-refractivity contribution in [1.82, 2.24) is 14.9 Å². The van der Waals surface area contributed by atoms with E-state index in [1.54, 1.807) is 24.3 Å². The van der Waals surface area contributed by atoms with Gasteiger partial charge in [0.1, 0.15) is 5.82 Å². The molecule has 1 aliphatic rings. The van der Waals surface area contributed by atoms with Crippen LogP contribution in [0.5, 0.6) is 0 Å². The van der Waals surface area contributed by atoms with Crippen LogP contribution in [0.3, 0.4) is 0 Å². The van der Waals surface area contributed by atoms with Gasteiger partial charge >= 0.3 is 6.18 Å². The normalized spacial score (nSPS) is 18.5. The summed E-state index contributed by atoms with van der Waals surface area (Å²) in [6, 6.07) is 6.85. The topological polar surface area (TPSA) is 66.1 Å². The summed E-state index contributed by atoms with van der Waals surface area (Å²) in [4.78, 5) is 32.4. The molecule has 2 aromatic rings. The first kappa shape index (κ1) is 17.4. The van der Waals surface area contributed by atoms with Gasteiger partial charge in [-0.25, -0.2) is 4.98 Å². The van der Waals surface area contributed by atoms with Gasteiger partial charge in [0, 0.05) is 25.9 Å². The Morgan fingerprint density at radius 1 is 1.32 bits per heavy atom. The van der Waals surface area contributed by atoms with Gasteiger partial charge in [-0.05, 0) is 25.0 Å². The van der Waals surface area contributed by atoms with Crippen LogP contribution in [0.15, 0.2) is 29.1 Å². The van der Waals surface area contributed by atoms with Crippen LogP contribution in [-0.4, -0.2) is 40.0 Å². The molecule has 5 nitrogen and oxygen atoms in total. The number of likely N-dealkylation sites (tertiary alicyclic amines) is 1. The number of aryl methyl sites for hydroxylation is 1. The number of halogens is 3. The Kier molecular flexibility index (Phi) is 4.78. The molecule has 0 spiro atoms. The molecule has 134 valence electrons. The van der Waals surface area contributed by atoms with Crippen molar-refractivity contribution < 1.29 is 18.0 Å². The molecule has 1 aromatic heterocycles. The molecule has 0 unspecified atom stereocenters. The highest BCUT2D eigenvalue weighted by Crippen LogP contribution is 2.33. The predicted octanol–water partition coefficient (Wildman–Crippen LogP) is 2.66. The van der Waals surface area contributed by atoms with E-state index in [4.69, 9.17) is 0 Å². The summed E-state index contributed by atoms with van der Waals surface area (Å²) in [5.41, 5.74) is 0.243. The number of piperidine rings is 1. The van der Waals surface area contributed by atoms with Crippen LogP contribution in [0.2, 0.25) is 0 Å². The van der Waals surface area contributed by atoms with Crippen molar-refractivity contribution >= 4 is 16.8 Å². The molecule has 2 heterocycles. The van der Waals surface area contributed by atoms with Crippen molar-refractivity contribution in [3.8, 4) is 0 Å². The van der Waals surface area contributed by atoms with Crippen molar-refractivity contribution in [3.63, 3.8) is 0 Å². The van der Waals surface area contributed by atoms with Gasteiger partial charge in [0.05, 0.1) is 16.8 Å². The summed E-state index contributed by atoms with van der Waals surface area (Å²) in [5.74, 6) is -1.44. The molecule has 1 aliphatic heterocycles. The maximum absolute atomic E-state index is 12.8. The van der Waals surface area contributed by atoms with E-state index < -0.39 is 12.1 Å². The van der Waals surface area contributed by atoms with Gasteiger partial charge in [-0.1, -0.05) is 12.1 Å². The summed E-state index contributed by atoms with van der Waals surface area (Å²) >= 11 is 0. The minimum absolute atomic E-state index is 0.0197. The number of nitrogens with one attached hydrogen (secondary N) is 1. The summed E-state index contributed by atoms with van der Waals surface area (Å²) in [5, 5.41) is 0.460. The first-order valence-corrected chi connectivity index (χ1v) is 8.17. The quantitative estimate of drug-likeness (QED) is 0.923. The lowest BCUT2D eigenvalue weighted by Gasteiger charge is -2.33. The molecule has 3 rings (SSSR count). The SMILES string of the molecule is O=C(CCc1nc2ccccc2c(=O)[nH]1)N1CCC[C@H](C(F)(F)F)C1. The van der Waals surface area contributed by atoms with Gasteiger partial charge in [-0.2, -0.15) is 13.2 Å². The summed E-state index contributed by atoms with van der Waals surface area (Å²) < 4.78 is 38.5. The molecular formula is C17H18F3N3O2. The first-order chi connectivity index (χ1) is 11.8. The number of alkyl halides is 3. The minimum Gasteiger partial charge on any atom is -0.342 e. The third kappa shape index (κ3) is 4.00. The summed E-state index contributed by atoms with van der Waals surface area (Å²) in [7, 11) is 0. The van der Waals surface area contributed by atoms with Crippen LogP contribution in [0.1, 0.15) is 25.1 Å². The molecule has 1 atom stereocenters. The molecule has 0 saturated carbocycles. The number of H-pyrrole nitrogens is 1. The minimum atomic E-state index is -4.27. The van der Waals surface area contributed by atoms with E-state index in [0.717, 1.165) is 0 Å². The first-order valence-electron chi connectivity index (χ1n) is 8.17. The highest BCUT2D eigenvalue weighted by atomic mass is 19.4. The maximum atomic E-state index is 12.8. The zero-order chi connectivity index (χ0) is 18.0. The molecule has 0 aliphatic carbocycles. The number of benzene rings is 1. The molecule has 1 aromatic carbocycles. The van der Waals surface area contributed by atoms with Crippen LogP contribution >= 0.6 is 0 Å². The Morgan fingerprint density at radius 3 is 2.84 bits per heavy atom. The van der Waals surface area contributed by atoms with Crippen molar-refractivity contribution in [2.24, 2.45) is 5.92 Å². The third-order valence-corrected chi connectivity index (χ3v) is 4.47. The maximum Gasteiger partial charge on any atom is 0.393 e. The Bertz CT molecular complexity index is 832. The second-order valence-electron chi connectivity index (χ2n) is 6.25. The lowest BCUT2D eigenvalue weighted by atomic mass is 9.97. The van der Waals surface area contributed by atoms with E-state index in [1.807, 2.05) is 0 Å². The number of rotatable bonds is 3. The molecule has 25 heavy (non-hydrogen) atoms. The van der Waals surface area contributed by atoms with E-state index in [-0.39, 0.29) is 37.3 Å².